The lowest BCUT2D eigenvalue weighted by molar-refractivity contribution is -0.274. The fraction of sp³-hybridized carbons (Fsp3) is 0.923. The average molecular weight is 316 g/mol. The Bertz CT molecular complexity index is 362. The van der Waals surface area contributed by atoms with Crippen LogP contribution >= 0.6 is 0 Å². The highest BCUT2D eigenvalue weighted by Gasteiger charge is 2.64. The molecule has 3 nitrogen and oxygen atoms in total. The number of hydrogen-bond donors (Lipinski definition) is 0. The number of carbonyl (C=O) groups is 1. The molecule has 1 fully saturated rings. The SMILES string of the molecule is CC(C)N(C)CC1CCN(C(=O)C(F)(F)C(F)(F)F)CC1. The molecule has 0 saturated carbocycles. The summed E-state index contributed by atoms with van der Waals surface area (Å²) in [5.41, 5.74) is 0. The van der Waals surface area contributed by atoms with E-state index in [2.05, 4.69) is 4.90 Å². The van der Waals surface area contributed by atoms with E-state index in [9.17, 15) is 26.7 Å². The number of rotatable bonds is 4. The summed E-state index contributed by atoms with van der Waals surface area (Å²) >= 11 is 0. The minimum absolute atomic E-state index is 0.0545. The minimum atomic E-state index is -5.83. The summed E-state index contributed by atoms with van der Waals surface area (Å²) in [6.07, 6.45) is -4.95. The molecule has 1 aliphatic rings. The van der Waals surface area contributed by atoms with Gasteiger partial charge in [0.15, 0.2) is 0 Å². The summed E-state index contributed by atoms with van der Waals surface area (Å²) in [5.74, 6) is -7.22. The zero-order valence-corrected chi connectivity index (χ0v) is 12.4. The molecule has 1 heterocycles. The summed E-state index contributed by atoms with van der Waals surface area (Å²) in [6.45, 7) is 4.67. The van der Waals surface area contributed by atoms with Crippen LogP contribution < -0.4 is 0 Å². The molecule has 1 saturated heterocycles. The molecule has 1 rings (SSSR count). The molecule has 0 N–H and O–H groups in total. The molecule has 8 heteroatoms. The summed E-state index contributed by atoms with van der Waals surface area (Å²) < 4.78 is 62.5. The van der Waals surface area contributed by atoms with Gasteiger partial charge in [-0.1, -0.05) is 0 Å². The largest absolute Gasteiger partial charge is 0.463 e. The Balaban J connectivity index is 2.55. The van der Waals surface area contributed by atoms with Crippen molar-refractivity contribution < 1.29 is 26.7 Å². The lowest BCUT2D eigenvalue weighted by Gasteiger charge is -2.36. The normalized spacial score (nSPS) is 18.7. The summed E-state index contributed by atoms with van der Waals surface area (Å²) in [5, 5.41) is 0. The number of likely N-dealkylation sites (tertiary alicyclic amines) is 1. The first-order chi connectivity index (χ1) is 9.46. The second-order valence-electron chi connectivity index (χ2n) is 5.84. The lowest BCUT2D eigenvalue weighted by Crippen LogP contribution is -2.54. The molecular formula is C13H21F5N2O. The van der Waals surface area contributed by atoms with E-state index in [-0.39, 0.29) is 19.0 Å². The van der Waals surface area contributed by atoms with Gasteiger partial charge in [0, 0.05) is 25.7 Å². The van der Waals surface area contributed by atoms with Gasteiger partial charge >= 0.3 is 18.0 Å². The van der Waals surface area contributed by atoms with Crippen LogP contribution in [0.3, 0.4) is 0 Å². The molecule has 0 aromatic heterocycles. The Morgan fingerprint density at radius 1 is 1.19 bits per heavy atom. The van der Waals surface area contributed by atoms with Crippen LogP contribution in [0.4, 0.5) is 22.0 Å². The maximum atomic E-state index is 13.0. The average Bonchev–Trinajstić information content (AvgIpc) is 2.37. The van der Waals surface area contributed by atoms with Crippen molar-refractivity contribution in [2.75, 3.05) is 26.7 Å². The number of halogens is 5. The van der Waals surface area contributed by atoms with Gasteiger partial charge in [-0.2, -0.15) is 22.0 Å². The first kappa shape index (κ1) is 18.1. The highest BCUT2D eigenvalue weighted by atomic mass is 19.4. The van der Waals surface area contributed by atoms with Gasteiger partial charge in [0.2, 0.25) is 0 Å². The first-order valence-corrected chi connectivity index (χ1v) is 6.91. The van der Waals surface area contributed by atoms with E-state index in [0.717, 1.165) is 6.54 Å². The zero-order valence-electron chi connectivity index (χ0n) is 12.4. The van der Waals surface area contributed by atoms with Crippen molar-refractivity contribution in [3.8, 4) is 0 Å². The van der Waals surface area contributed by atoms with Crippen molar-refractivity contribution in [3.05, 3.63) is 0 Å². The van der Waals surface area contributed by atoms with Gasteiger partial charge in [0.05, 0.1) is 0 Å². The molecule has 0 unspecified atom stereocenters. The number of hydrogen-bond acceptors (Lipinski definition) is 2. The van der Waals surface area contributed by atoms with Crippen molar-refractivity contribution >= 4 is 5.91 Å². The standard InChI is InChI=1S/C13H21F5N2O/c1-9(2)19(3)8-10-4-6-20(7-5-10)11(21)12(14,15)13(16,17)18/h9-10H,4-8H2,1-3H3. The van der Waals surface area contributed by atoms with Gasteiger partial charge in [-0.15, -0.1) is 0 Å². The third kappa shape index (κ3) is 4.28. The van der Waals surface area contributed by atoms with Crippen LogP contribution in [0.15, 0.2) is 0 Å². The maximum Gasteiger partial charge on any atom is 0.463 e. The van der Waals surface area contributed by atoms with Crippen LogP contribution in [0.5, 0.6) is 0 Å². The second kappa shape index (κ2) is 6.46. The molecular weight excluding hydrogens is 295 g/mol. The van der Waals surface area contributed by atoms with Crippen LogP contribution in [0.25, 0.3) is 0 Å². The topological polar surface area (TPSA) is 23.6 Å². The molecule has 0 bridgehead atoms. The molecule has 1 amide bonds. The minimum Gasteiger partial charge on any atom is -0.337 e. The molecule has 124 valence electrons. The van der Waals surface area contributed by atoms with E-state index in [1.807, 2.05) is 20.9 Å². The molecule has 21 heavy (non-hydrogen) atoms. The van der Waals surface area contributed by atoms with Crippen LogP contribution in [0.1, 0.15) is 26.7 Å². The Kier molecular flexibility index (Phi) is 5.57. The van der Waals surface area contributed by atoms with Crippen LogP contribution in [-0.2, 0) is 4.79 Å². The van der Waals surface area contributed by atoms with E-state index < -0.39 is 18.0 Å². The maximum absolute atomic E-state index is 13.0. The molecule has 0 spiro atoms. The Hall–Kier alpha value is -0.920. The number of nitrogens with zero attached hydrogens (tertiary/aromatic N) is 2. The first-order valence-electron chi connectivity index (χ1n) is 6.91. The van der Waals surface area contributed by atoms with Crippen molar-refractivity contribution in [2.45, 2.75) is 44.8 Å². The van der Waals surface area contributed by atoms with E-state index >= 15 is 0 Å². The van der Waals surface area contributed by atoms with E-state index in [4.69, 9.17) is 0 Å². The lowest BCUT2D eigenvalue weighted by atomic mass is 9.95. The van der Waals surface area contributed by atoms with Crippen molar-refractivity contribution in [1.82, 2.24) is 9.80 Å². The van der Waals surface area contributed by atoms with Gasteiger partial charge in [-0.25, -0.2) is 0 Å². The fourth-order valence-corrected chi connectivity index (χ4v) is 2.26. The molecule has 0 aromatic rings. The van der Waals surface area contributed by atoms with Crippen LogP contribution in [-0.4, -0.2) is 60.5 Å². The van der Waals surface area contributed by atoms with Crippen molar-refractivity contribution in [3.63, 3.8) is 0 Å². The molecule has 0 radical (unpaired) electrons. The zero-order chi connectivity index (χ0) is 16.4. The van der Waals surface area contributed by atoms with Crippen LogP contribution in [0, 0.1) is 5.92 Å². The van der Waals surface area contributed by atoms with E-state index in [1.165, 1.54) is 0 Å². The molecule has 0 aliphatic carbocycles. The number of piperidine rings is 1. The van der Waals surface area contributed by atoms with E-state index in [1.54, 1.807) is 0 Å². The summed E-state index contributed by atoms with van der Waals surface area (Å²) in [7, 11) is 1.93. The van der Waals surface area contributed by atoms with E-state index in [0.29, 0.717) is 23.8 Å². The third-order valence-corrected chi connectivity index (χ3v) is 3.95. The van der Waals surface area contributed by atoms with Gasteiger partial charge in [0.1, 0.15) is 0 Å². The Morgan fingerprint density at radius 3 is 2.05 bits per heavy atom. The Labute approximate surface area is 121 Å². The molecule has 1 aliphatic heterocycles. The number of carbonyl (C=O) groups excluding carboxylic acids is 1. The summed E-state index contributed by atoms with van der Waals surface area (Å²) in [4.78, 5) is 14.1. The monoisotopic (exact) mass is 316 g/mol. The molecule has 0 aromatic carbocycles. The van der Waals surface area contributed by atoms with Crippen molar-refractivity contribution in [1.29, 1.82) is 0 Å². The van der Waals surface area contributed by atoms with Crippen LogP contribution in [0.2, 0.25) is 0 Å². The highest BCUT2D eigenvalue weighted by Crippen LogP contribution is 2.37. The fourth-order valence-electron chi connectivity index (χ4n) is 2.26. The third-order valence-electron chi connectivity index (χ3n) is 3.95. The summed E-state index contributed by atoms with van der Waals surface area (Å²) in [6, 6.07) is 0.333. The number of alkyl halides is 5. The highest BCUT2D eigenvalue weighted by molar-refractivity contribution is 5.84. The van der Waals surface area contributed by atoms with Gasteiger partial charge in [-0.05, 0) is 39.7 Å². The number of amides is 1. The van der Waals surface area contributed by atoms with Gasteiger partial charge in [0.25, 0.3) is 0 Å². The van der Waals surface area contributed by atoms with Gasteiger partial charge in [-0.3, -0.25) is 4.79 Å². The Morgan fingerprint density at radius 2 is 1.67 bits per heavy atom. The quantitative estimate of drug-likeness (QED) is 0.745. The van der Waals surface area contributed by atoms with Gasteiger partial charge < -0.3 is 9.80 Å². The predicted octanol–water partition coefficient (Wildman–Crippen LogP) is 2.76. The van der Waals surface area contributed by atoms with Crippen molar-refractivity contribution in [2.24, 2.45) is 5.92 Å². The molecule has 0 atom stereocenters. The smallest absolute Gasteiger partial charge is 0.337 e. The second-order valence-corrected chi connectivity index (χ2v) is 5.84. The predicted molar refractivity (Wildman–Crippen MR) is 68.1 cm³/mol.